The van der Waals surface area contributed by atoms with Gasteiger partial charge in [0.25, 0.3) is 0 Å². The van der Waals surface area contributed by atoms with Gasteiger partial charge < -0.3 is 14.7 Å². The number of piperidine rings is 1. The number of carbonyl (C=O) groups excluding carboxylic acids is 1. The highest BCUT2D eigenvalue weighted by atomic mass is 16.5. The number of hydrogen-bond acceptors (Lipinski definition) is 3. The zero-order valence-corrected chi connectivity index (χ0v) is 12.5. The molecular weight excluding hydrogens is 266 g/mol. The predicted octanol–water partition coefficient (Wildman–Crippen LogP) is 2.51. The van der Waals surface area contributed by atoms with Crippen LogP contribution in [-0.2, 0) is 11.3 Å². The van der Waals surface area contributed by atoms with Gasteiger partial charge in [0.15, 0.2) is 0 Å². The van der Waals surface area contributed by atoms with Gasteiger partial charge in [-0.25, -0.2) is 0 Å². The Kier molecular flexibility index (Phi) is 5.39. The molecule has 0 bridgehead atoms. The summed E-state index contributed by atoms with van der Waals surface area (Å²) in [7, 11) is 1.63. The molecule has 4 nitrogen and oxygen atoms in total. The smallest absolute Gasteiger partial charge is 0.223 e. The minimum atomic E-state index is -0.444. The summed E-state index contributed by atoms with van der Waals surface area (Å²) in [6.07, 6.45) is 3.92. The van der Waals surface area contributed by atoms with Gasteiger partial charge in [0, 0.05) is 13.0 Å². The molecule has 0 aromatic heterocycles. The number of aliphatic hydroxyl groups is 1. The highest BCUT2D eigenvalue weighted by molar-refractivity contribution is 5.77. The number of aliphatic hydroxyl groups excluding tert-OH is 1. The minimum absolute atomic E-state index is 0.116. The second kappa shape index (κ2) is 7.27. The van der Waals surface area contributed by atoms with Crippen LogP contribution in [0, 0.1) is 0 Å². The molecule has 0 spiro atoms. The van der Waals surface area contributed by atoms with Crippen molar-refractivity contribution in [3.63, 3.8) is 0 Å². The number of methoxy groups -OCH3 is 1. The van der Waals surface area contributed by atoms with E-state index in [0.717, 1.165) is 24.2 Å². The van der Waals surface area contributed by atoms with E-state index < -0.39 is 6.10 Å². The van der Waals surface area contributed by atoms with Crippen LogP contribution >= 0.6 is 0 Å². The third-order valence-electron chi connectivity index (χ3n) is 4.00. The molecule has 0 saturated carbocycles. The first-order chi connectivity index (χ1) is 10.2. The SMILES string of the molecule is C=CCC[C@H]1[C@H](O)CCC(=O)N1Cc1ccc(OC)cc1. The van der Waals surface area contributed by atoms with Gasteiger partial charge >= 0.3 is 0 Å². The van der Waals surface area contributed by atoms with Crippen molar-refractivity contribution in [1.29, 1.82) is 0 Å². The number of likely N-dealkylation sites (tertiary alicyclic amines) is 1. The van der Waals surface area contributed by atoms with E-state index in [1.165, 1.54) is 0 Å². The Labute approximate surface area is 126 Å². The van der Waals surface area contributed by atoms with Crippen molar-refractivity contribution >= 4 is 5.91 Å². The van der Waals surface area contributed by atoms with Gasteiger partial charge in [0.1, 0.15) is 5.75 Å². The number of carbonyl (C=O) groups is 1. The molecule has 0 unspecified atom stereocenters. The summed E-state index contributed by atoms with van der Waals surface area (Å²) in [5, 5.41) is 10.2. The average Bonchev–Trinajstić information content (AvgIpc) is 2.51. The van der Waals surface area contributed by atoms with Crippen LogP contribution in [0.1, 0.15) is 31.2 Å². The molecular formula is C17H23NO3. The van der Waals surface area contributed by atoms with Crippen molar-refractivity contribution in [2.75, 3.05) is 7.11 Å². The Hall–Kier alpha value is -1.81. The molecule has 1 heterocycles. The van der Waals surface area contributed by atoms with Crippen molar-refractivity contribution < 1.29 is 14.6 Å². The fraction of sp³-hybridized carbons (Fsp3) is 0.471. The van der Waals surface area contributed by atoms with E-state index in [0.29, 0.717) is 19.4 Å². The summed E-state index contributed by atoms with van der Waals surface area (Å²) in [5.41, 5.74) is 1.04. The molecule has 2 rings (SSSR count). The Morgan fingerprint density at radius 2 is 2.14 bits per heavy atom. The van der Waals surface area contributed by atoms with Crippen molar-refractivity contribution in [2.45, 2.75) is 44.4 Å². The highest BCUT2D eigenvalue weighted by Gasteiger charge is 2.33. The predicted molar refractivity (Wildman–Crippen MR) is 82.0 cm³/mol. The summed E-state index contributed by atoms with van der Waals surface area (Å²) >= 11 is 0. The Morgan fingerprint density at radius 1 is 1.43 bits per heavy atom. The summed E-state index contributed by atoms with van der Waals surface area (Å²) in [4.78, 5) is 14.0. The van der Waals surface area contributed by atoms with E-state index in [4.69, 9.17) is 4.74 Å². The van der Waals surface area contributed by atoms with E-state index in [1.807, 2.05) is 30.3 Å². The maximum Gasteiger partial charge on any atom is 0.223 e. The van der Waals surface area contributed by atoms with Gasteiger partial charge in [0.2, 0.25) is 5.91 Å². The van der Waals surface area contributed by atoms with Gasteiger partial charge in [-0.2, -0.15) is 0 Å². The number of amides is 1. The van der Waals surface area contributed by atoms with Crippen LogP contribution in [0.25, 0.3) is 0 Å². The van der Waals surface area contributed by atoms with Gasteiger partial charge in [-0.3, -0.25) is 4.79 Å². The second-order valence-electron chi connectivity index (χ2n) is 5.41. The summed E-state index contributed by atoms with van der Waals surface area (Å²) in [5.74, 6) is 0.914. The quantitative estimate of drug-likeness (QED) is 0.819. The van der Waals surface area contributed by atoms with E-state index >= 15 is 0 Å². The largest absolute Gasteiger partial charge is 0.497 e. The zero-order valence-electron chi connectivity index (χ0n) is 12.5. The molecule has 1 fully saturated rings. The minimum Gasteiger partial charge on any atom is -0.497 e. The molecule has 1 aliphatic rings. The van der Waals surface area contributed by atoms with E-state index in [2.05, 4.69) is 6.58 Å². The fourth-order valence-corrected chi connectivity index (χ4v) is 2.77. The third-order valence-corrected chi connectivity index (χ3v) is 4.00. The molecule has 114 valence electrons. The normalized spacial score (nSPS) is 22.2. The highest BCUT2D eigenvalue weighted by Crippen LogP contribution is 2.25. The molecule has 2 atom stereocenters. The van der Waals surface area contributed by atoms with E-state index in [9.17, 15) is 9.90 Å². The van der Waals surface area contributed by atoms with Crippen molar-refractivity contribution in [1.82, 2.24) is 4.90 Å². The summed E-state index contributed by atoms with van der Waals surface area (Å²) < 4.78 is 5.14. The molecule has 1 aliphatic heterocycles. The molecule has 1 N–H and O–H groups in total. The van der Waals surface area contributed by atoms with Gasteiger partial charge in [0.05, 0.1) is 19.3 Å². The van der Waals surface area contributed by atoms with Gasteiger partial charge in [-0.05, 0) is 37.0 Å². The van der Waals surface area contributed by atoms with Crippen molar-refractivity contribution in [3.05, 3.63) is 42.5 Å². The number of benzene rings is 1. The maximum atomic E-state index is 12.2. The molecule has 0 radical (unpaired) electrons. The topological polar surface area (TPSA) is 49.8 Å². The summed E-state index contributed by atoms with van der Waals surface area (Å²) in [6, 6.07) is 7.57. The molecule has 1 amide bonds. The maximum absolute atomic E-state index is 12.2. The van der Waals surface area contributed by atoms with Crippen molar-refractivity contribution in [3.8, 4) is 5.75 Å². The lowest BCUT2D eigenvalue weighted by Gasteiger charge is -2.39. The molecule has 1 aromatic carbocycles. The first kappa shape index (κ1) is 15.6. The first-order valence-electron chi connectivity index (χ1n) is 7.37. The Bertz CT molecular complexity index is 483. The molecule has 1 saturated heterocycles. The first-order valence-corrected chi connectivity index (χ1v) is 7.37. The van der Waals surface area contributed by atoms with Crippen LogP contribution in [0.2, 0.25) is 0 Å². The standard InChI is InChI=1S/C17H23NO3/c1-3-4-5-15-16(19)10-11-17(20)18(15)12-13-6-8-14(21-2)9-7-13/h3,6-9,15-16,19H,1,4-5,10-12H2,2H3/t15-,16+/m0/s1. The van der Waals surface area contributed by atoms with Crippen LogP contribution in [0.3, 0.4) is 0 Å². The van der Waals surface area contributed by atoms with E-state index in [1.54, 1.807) is 12.0 Å². The number of allylic oxidation sites excluding steroid dienone is 1. The lowest BCUT2D eigenvalue weighted by molar-refractivity contribution is -0.143. The molecule has 21 heavy (non-hydrogen) atoms. The number of rotatable bonds is 6. The number of hydrogen-bond donors (Lipinski definition) is 1. The third kappa shape index (κ3) is 3.85. The monoisotopic (exact) mass is 289 g/mol. The number of ether oxygens (including phenoxy) is 1. The zero-order chi connectivity index (χ0) is 15.2. The summed E-state index contributed by atoms with van der Waals surface area (Å²) in [6.45, 7) is 4.25. The van der Waals surface area contributed by atoms with Gasteiger partial charge in [-0.1, -0.05) is 18.2 Å². The number of nitrogens with zero attached hydrogens (tertiary/aromatic N) is 1. The average molecular weight is 289 g/mol. The second-order valence-corrected chi connectivity index (χ2v) is 5.41. The van der Waals surface area contributed by atoms with Crippen molar-refractivity contribution in [2.24, 2.45) is 0 Å². The fourth-order valence-electron chi connectivity index (χ4n) is 2.77. The van der Waals surface area contributed by atoms with Crippen LogP contribution in [-0.4, -0.2) is 35.2 Å². The Balaban J connectivity index is 2.11. The van der Waals surface area contributed by atoms with Crippen LogP contribution in [0.4, 0.5) is 0 Å². The molecule has 4 heteroatoms. The molecule has 0 aliphatic carbocycles. The lowest BCUT2D eigenvalue weighted by atomic mass is 9.94. The lowest BCUT2D eigenvalue weighted by Crippen LogP contribution is -2.50. The van der Waals surface area contributed by atoms with E-state index in [-0.39, 0.29) is 11.9 Å². The van der Waals surface area contributed by atoms with Crippen LogP contribution in [0.15, 0.2) is 36.9 Å². The van der Waals surface area contributed by atoms with Gasteiger partial charge in [-0.15, -0.1) is 6.58 Å². The van der Waals surface area contributed by atoms with Crippen LogP contribution < -0.4 is 4.74 Å². The van der Waals surface area contributed by atoms with Crippen LogP contribution in [0.5, 0.6) is 5.75 Å². The molecule has 1 aromatic rings. The Morgan fingerprint density at radius 3 is 2.76 bits per heavy atom.